The van der Waals surface area contributed by atoms with E-state index in [4.69, 9.17) is 17.0 Å². The Kier molecular flexibility index (Phi) is 5.49. The zero-order valence-electron chi connectivity index (χ0n) is 10.6. The van der Waals surface area contributed by atoms with Crippen LogP contribution in [0.15, 0.2) is 0 Å². The summed E-state index contributed by atoms with van der Waals surface area (Å²) in [5.74, 6) is 0. The molecule has 0 heterocycles. The molecular formula is C12H24N2OS. The van der Waals surface area contributed by atoms with Crippen LogP contribution in [0.5, 0.6) is 0 Å². The summed E-state index contributed by atoms with van der Waals surface area (Å²) in [5, 5.41) is 7.46. The first-order valence-corrected chi connectivity index (χ1v) is 6.54. The smallest absolute Gasteiger partial charge is 0.167 e. The first-order valence-electron chi connectivity index (χ1n) is 6.13. The number of thiocarbonyl (C=S) groups is 1. The monoisotopic (exact) mass is 244 g/mol. The molecule has 0 amide bonds. The normalized spacial score (nSPS) is 21.2. The quantitative estimate of drug-likeness (QED) is 0.743. The molecule has 1 aliphatic carbocycles. The van der Waals surface area contributed by atoms with Crippen molar-refractivity contribution in [1.29, 1.82) is 0 Å². The van der Waals surface area contributed by atoms with Crippen molar-refractivity contribution in [2.75, 3.05) is 13.7 Å². The van der Waals surface area contributed by atoms with Crippen LogP contribution in [0.2, 0.25) is 0 Å². The standard InChI is InChI=1S/C12H24N2OS/c1-10(9-15-3)13-11(16)14-12(2)7-5-4-6-8-12/h10H,4-9H2,1-3H3,(H2,13,14,16). The molecule has 1 unspecified atom stereocenters. The summed E-state index contributed by atoms with van der Waals surface area (Å²) in [6, 6.07) is 0.261. The lowest BCUT2D eigenvalue weighted by Gasteiger charge is -2.36. The van der Waals surface area contributed by atoms with Gasteiger partial charge in [0.2, 0.25) is 0 Å². The number of ether oxygens (including phenoxy) is 1. The third-order valence-corrected chi connectivity index (χ3v) is 3.39. The van der Waals surface area contributed by atoms with Crippen molar-refractivity contribution in [3.8, 4) is 0 Å². The summed E-state index contributed by atoms with van der Waals surface area (Å²) >= 11 is 5.32. The summed E-state index contributed by atoms with van der Waals surface area (Å²) in [5.41, 5.74) is 0.190. The maximum absolute atomic E-state index is 5.32. The highest BCUT2D eigenvalue weighted by Gasteiger charge is 2.27. The topological polar surface area (TPSA) is 33.3 Å². The van der Waals surface area contributed by atoms with E-state index < -0.39 is 0 Å². The minimum Gasteiger partial charge on any atom is -0.383 e. The van der Waals surface area contributed by atoms with E-state index in [0.29, 0.717) is 6.61 Å². The second-order valence-corrected chi connectivity index (χ2v) is 5.48. The van der Waals surface area contributed by atoms with Gasteiger partial charge in [-0.25, -0.2) is 0 Å². The van der Waals surface area contributed by atoms with Crippen LogP contribution in [-0.4, -0.2) is 30.4 Å². The van der Waals surface area contributed by atoms with Gasteiger partial charge in [-0.05, 0) is 38.9 Å². The fraction of sp³-hybridized carbons (Fsp3) is 0.917. The fourth-order valence-electron chi connectivity index (χ4n) is 2.28. The summed E-state index contributed by atoms with van der Waals surface area (Å²) in [4.78, 5) is 0. The summed E-state index contributed by atoms with van der Waals surface area (Å²) in [7, 11) is 1.71. The van der Waals surface area contributed by atoms with E-state index in [2.05, 4.69) is 24.5 Å². The molecule has 0 bridgehead atoms. The first-order chi connectivity index (χ1) is 7.56. The fourth-order valence-corrected chi connectivity index (χ4v) is 2.73. The van der Waals surface area contributed by atoms with E-state index in [9.17, 15) is 0 Å². The number of nitrogens with one attached hydrogen (secondary N) is 2. The molecule has 2 N–H and O–H groups in total. The van der Waals surface area contributed by atoms with Gasteiger partial charge in [0.25, 0.3) is 0 Å². The van der Waals surface area contributed by atoms with Gasteiger partial charge in [0.15, 0.2) is 5.11 Å². The number of hydrogen-bond donors (Lipinski definition) is 2. The summed E-state index contributed by atoms with van der Waals surface area (Å²) < 4.78 is 5.07. The molecule has 0 spiro atoms. The molecule has 0 aromatic rings. The predicted octanol–water partition coefficient (Wildman–Crippen LogP) is 2.21. The number of rotatable bonds is 4. The third-order valence-electron chi connectivity index (χ3n) is 3.17. The Morgan fingerprint density at radius 2 is 2.00 bits per heavy atom. The van der Waals surface area contributed by atoms with Crippen molar-refractivity contribution < 1.29 is 4.74 Å². The molecule has 0 aliphatic heterocycles. The van der Waals surface area contributed by atoms with Crippen molar-refractivity contribution in [1.82, 2.24) is 10.6 Å². The molecule has 1 atom stereocenters. The molecule has 1 saturated carbocycles. The van der Waals surface area contributed by atoms with Crippen molar-refractivity contribution in [2.45, 2.75) is 57.5 Å². The van der Waals surface area contributed by atoms with Crippen LogP contribution in [0.1, 0.15) is 46.0 Å². The lowest BCUT2D eigenvalue weighted by atomic mass is 9.83. The molecular weight excluding hydrogens is 220 g/mol. The molecule has 1 aliphatic rings. The van der Waals surface area contributed by atoms with Gasteiger partial charge < -0.3 is 15.4 Å². The lowest BCUT2D eigenvalue weighted by molar-refractivity contribution is 0.178. The number of methoxy groups -OCH3 is 1. The Labute approximate surface area is 104 Å². The minimum absolute atomic E-state index is 0.190. The Bertz CT molecular complexity index is 227. The molecule has 0 aromatic carbocycles. The van der Waals surface area contributed by atoms with Gasteiger partial charge >= 0.3 is 0 Å². The van der Waals surface area contributed by atoms with Crippen LogP contribution in [0, 0.1) is 0 Å². The highest BCUT2D eigenvalue weighted by Crippen LogP contribution is 2.27. The van der Waals surface area contributed by atoms with Gasteiger partial charge in [-0.3, -0.25) is 0 Å². The van der Waals surface area contributed by atoms with Gasteiger partial charge in [0.1, 0.15) is 0 Å². The first kappa shape index (κ1) is 13.7. The zero-order chi connectivity index (χ0) is 12.0. The number of hydrogen-bond acceptors (Lipinski definition) is 2. The maximum Gasteiger partial charge on any atom is 0.167 e. The average Bonchev–Trinajstić information content (AvgIpc) is 2.17. The van der Waals surface area contributed by atoms with Crippen LogP contribution < -0.4 is 10.6 Å². The molecule has 94 valence electrons. The Balaban J connectivity index is 2.32. The zero-order valence-corrected chi connectivity index (χ0v) is 11.5. The Morgan fingerprint density at radius 3 is 2.56 bits per heavy atom. The third kappa shape index (κ3) is 4.66. The molecule has 0 saturated heterocycles. The van der Waals surface area contributed by atoms with Crippen LogP contribution in [0.25, 0.3) is 0 Å². The van der Waals surface area contributed by atoms with Crippen molar-refractivity contribution in [2.24, 2.45) is 0 Å². The lowest BCUT2D eigenvalue weighted by Crippen LogP contribution is -2.53. The largest absolute Gasteiger partial charge is 0.383 e. The van der Waals surface area contributed by atoms with Gasteiger partial charge in [-0.2, -0.15) is 0 Å². The SMILES string of the molecule is COCC(C)NC(=S)NC1(C)CCCCC1. The van der Waals surface area contributed by atoms with E-state index >= 15 is 0 Å². The highest BCUT2D eigenvalue weighted by molar-refractivity contribution is 7.80. The average molecular weight is 244 g/mol. The van der Waals surface area contributed by atoms with Gasteiger partial charge in [-0.1, -0.05) is 19.3 Å². The maximum atomic E-state index is 5.32. The van der Waals surface area contributed by atoms with E-state index in [0.717, 1.165) is 5.11 Å². The van der Waals surface area contributed by atoms with Gasteiger partial charge in [0.05, 0.1) is 6.61 Å². The Hall–Kier alpha value is -0.350. The second kappa shape index (κ2) is 6.40. The van der Waals surface area contributed by atoms with Crippen LogP contribution in [-0.2, 0) is 4.74 Å². The molecule has 3 nitrogen and oxygen atoms in total. The molecule has 0 radical (unpaired) electrons. The second-order valence-electron chi connectivity index (χ2n) is 5.08. The van der Waals surface area contributed by atoms with E-state index in [1.165, 1.54) is 32.1 Å². The molecule has 16 heavy (non-hydrogen) atoms. The van der Waals surface area contributed by atoms with Gasteiger partial charge in [0, 0.05) is 18.7 Å². The van der Waals surface area contributed by atoms with Crippen molar-refractivity contribution in [3.63, 3.8) is 0 Å². The van der Waals surface area contributed by atoms with Crippen LogP contribution in [0.3, 0.4) is 0 Å². The predicted molar refractivity (Wildman–Crippen MR) is 71.7 cm³/mol. The van der Waals surface area contributed by atoms with E-state index in [-0.39, 0.29) is 11.6 Å². The molecule has 0 aromatic heterocycles. The van der Waals surface area contributed by atoms with E-state index in [1.807, 2.05) is 0 Å². The van der Waals surface area contributed by atoms with Crippen molar-refractivity contribution in [3.05, 3.63) is 0 Å². The van der Waals surface area contributed by atoms with Crippen molar-refractivity contribution >= 4 is 17.3 Å². The Morgan fingerprint density at radius 1 is 1.38 bits per heavy atom. The van der Waals surface area contributed by atoms with Crippen LogP contribution in [0.4, 0.5) is 0 Å². The van der Waals surface area contributed by atoms with Crippen LogP contribution >= 0.6 is 12.2 Å². The minimum atomic E-state index is 0.190. The summed E-state index contributed by atoms with van der Waals surface area (Å²) in [6.07, 6.45) is 6.40. The molecule has 1 rings (SSSR count). The highest BCUT2D eigenvalue weighted by atomic mass is 32.1. The van der Waals surface area contributed by atoms with Gasteiger partial charge in [-0.15, -0.1) is 0 Å². The molecule has 1 fully saturated rings. The summed E-state index contributed by atoms with van der Waals surface area (Å²) in [6.45, 7) is 5.01. The van der Waals surface area contributed by atoms with E-state index in [1.54, 1.807) is 7.11 Å². The molecule has 4 heteroatoms.